The predicted molar refractivity (Wildman–Crippen MR) is 291 cm³/mol. The van der Waals surface area contributed by atoms with Crippen molar-refractivity contribution < 1.29 is 89.3 Å². The molecule has 1 aliphatic carbocycles. The molecule has 0 saturated heterocycles. The third-order valence-corrected chi connectivity index (χ3v) is 15.5. The SMILES string of the molecule is O=C(c1cccc(SOOO)c1)c1c2c3c(c(Nc4cc(Nc5nc(O)nc(Nc6ccccc6)n5)c(S(=O)(=O)O)cc4SOOO)cc(Oc4ccc(-c5ccc(S(=O)(=O)O)cc5)cc4SOOO)c3[nH]c1=O)C(=O)c1ccccc1-2. The zero-order valence-electron chi connectivity index (χ0n) is 40.6. The Morgan fingerprint density at radius 3 is 1.93 bits per heavy atom. The van der Waals surface area contributed by atoms with E-state index in [0.717, 1.165) is 24.3 Å². The van der Waals surface area contributed by atoms with Gasteiger partial charge in [0.2, 0.25) is 11.9 Å². The molecule has 2 aromatic heterocycles. The number of aromatic amines is 1. The first-order valence-electron chi connectivity index (χ1n) is 22.8. The highest BCUT2D eigenvalue weighted by Crippen LogP contribution is 2.50. The molecule has 0 bridgehead atoms. The molecule has 10 rings (SSSR count). The standard InChI is InChI=1S/C50H33N7O20S5/c58-45(26-7-6-10-28(19-26)78-75-72-62)43-40-30-11-4-5-12-31(30)46(59)41-34(22-36(44(42(40)41)54-47(43)60)71-35-18-15-25(20-38(35)80-77-74-64)24-13-16-29(17-14-24)81(65,66)67)52-32-21-33(39(82(68,69)70)23-37(32)79-76-73-63)53-49-55-48(56-50(61)57-49)51-27-8-2-1-3-9-27/h1-23,52,62-64H,(H,54,60)(H,65,66,67)(H,68,69,70)(H3,51,53,55,56,57,61). The average Bonchev–Trinajstić information content (AvgIpc) is 0.901. The van der Waals surface area contributed by atoms with Crippen LogP contribution in [0.5, 0.6) is 17.5 Å². The fourth-order valence-electron chi connectivity index (χ4n) is 8.58. The molecule has 82 heavy (non-hydrogen) atoms. The van der Waals surface area contributed by atoms with Crippen LogP contribution in [-0.4, -0.2) is 78.3 Å². The van der Waals surface area contributed by atoms with E-state index in [4.69, 9.17) is 18.7 Å². The number of anilines is 6. The summed E-state index contributed by atoms with van der Waals surface area (Å²) in [4.78, 5) is 58.4. The first kappa shape index (κ1) is 56.9. The Morgan fingerprint density at radius 2 is 1.23 bits per heavy atom. The highest BCUT2D eigenvalue weighted by Gasteiger charge is 2.36. The lowest BCUT2D eigenvalue weighted by Crippen LogP contribution is -2.24. The van der Waals surface area contributed by atoms with E-state index in [1.165, 1.54) is 72.8 Å². The molecule has 0 aliphatic heterocycles. The summed E-state index contributed by atoms with van der Waals surface area (Å²) in [7, 11) is -9.77. The first-order valence-corrected chi connectivity index (χ1v) is 27.9. The number of pyridine rings is 1. The molecule has 0 fully saturated rings. The Morgan fingerprint density at radius 1 is 0.573 bits per heavy atom. The van der Waals surface area contributed by atoms with Gasteiger partial charge in [-0.1, -0.05) is 87.9 Å². The molecule has 9 aromatic rings. The molecule has 1 aliphatic rings. The molecule has 0 atom stereocenters. The molecular formula is C50H33N7O20S5. The molecule has 10 N–H and O–H groups in total. The molecule has 0 amide bonds. The van der Waals surface area contributed by atoms with E-state index in [9.17, 15) is 51.2 Å². The summed E-state index contributed by atoms with van der Waals surface area (Å²) in [6.45, 7) is 0. The minimum absolute atomic E-state index is 0.00392. The number of nitrogens with one attached hydrogen (secondary N) is 4. The smallest absolute Gasteiger partial charge is 0.320 e. The Hall–Kier alpha value is -8.39. The molecule has 27 nitrogen and oxygen atoms in total. The fourth-order valence-corrected chi connectivity index (χ4v) is 11.1. The van der Waals surface area contributed by atoms with Gasteiger partial charge in [-0.3, -0.25) is 23.5 Å². The van der Waals surface area contributed by atoms with Gasteiger partial charge in [0.25, 0.3) is 25.8 Å². The highest BCUT2D eigenvalue weighted by molar-refractivity contribution is 7.95. The van der Waals surface area contributed by atoms with Crippen LogP contribution in [0, 0.1) is 0 Å². The molecule has 32 heteroatoms. The molecule has 0 radical (unpaired) electrons. The number of ketones is 2. The van der Waals surface area contributed by atoms with E-state index in [1.54, 1.807) is 42.5 Å². The predicted octanol–water partition coefficient (Wildman–Crippen LogP) is 10.3. The molecule has 7 aromatic carbocycles. The zero-order valence-corrected chi connectivity index (χ0v) is 44.6. The molecule has 0 spiro atoms. The third-order valence-electron chi connectivity index (χ3n) is 11.9. The number of fused-ring (bicyclic) bond motifs is 2. The summed E-state index contributed by atoms with van der Waals surface area (Å²) in [5.74, 6) is -2.58. The van der Waals surface area contributed by atoms with Crippen LogP contribution < -0.4 is 26.2 Å². The van der Waals surface area contributed by atoms with E-state index in [-0.39, 0.29) is 99.2 Å². The highest BCUT2D eigenvalue weighted by atomic mass is 32.2. The Balaban J connectivity index is 1.20. The maximum atomic E-state index is 15.3. The van der Waals surface area contributed by atoms with Gasteiger partial charge in [-0.2, -0.15) is 31.8 Å². The number of H-pyrrole nitrogens is 1. The van der Waals surface area contributed by atoms with Crippen molar-refractivity contribution >= 4 is 113 Å². The van der Waals surface area contributed by atoms with Crippen LogP contribution in [0.25, 0.3) is 33.2 Å². The van der Waals surface area contributed by atoms with Gasteiger partial charge >= 0.3 is 6.01 Å². The molecule has 0 saturated carbocycles. The van der Waals surface area contributed by atoms with Crippen LogP contribution in [0.2, 0.25) is 0 Å². The minimum atomic E-state index is -5.22. The summed E-state index contributed by atoms with van der Waals surface area (Å²) in [6, 6.07) is 32.2. The van der Waals surface area contributed by atoms with Gasteiger partial charge in [-0.05, 0) is 77.4 Å². The lowest BCUT2D eigenvalue weighted by molar-refractivity contribution is -0.432. The van der Waals surface area contributed by atoms with Crippen molar-refractivity contribution in [3.63, 3.8) is 0 Å². The van der Waals surface area contributed by atoms with Crippen LogP contribution in [0.4, 0.5) is 34.6 Å². The van der Waals surface area contributed by atoms with Crippen molar-refractivity contribution in [2.45, 2.75) is 24.5 Å². The molecule has 418 valence electrons. The normalized spacial score (nSPS) is 12.0. The number of ether oxygens (including phenoxy) is 1. The van der Waals surface area contributed by atoms with Crippen LogP contribution in [0.1, 0.15) is 31.8 Å². The Kier molecular flexibility index (Phi) is 16.6. The summed E-state index contributed by atoms with van der Waals surface area (Å²) < 4.78 is 90.9. The van der Waals surface area contributed by atoms with Gasteiger partial charge in [0.05, 0.1) is 84.5 Å². The van der Waals surface area contributed by atoms with Gasteiger partial charge in [0.15, 0.2) is 17.3 Å². The first-order chi connectivity index (χ1) is 39.4. The van der Waals surface area contributed by atoms with Gasteiger partial charge in [0, 0.05) is 38.7 Å². The van der Waals surface area contributed by atoms with Crippen LogP contribution in [0.3, 0.4) is 0 Å². The number of hydrogen-bond acceptors (Lipinski definition) is 27. The second kappa shape index (κ2) is 24.0. The largest absolute Gasteiger partial charge is 0.479 e. The molecule has 2 heterocycles. The average molecular weight is 1210 g/mol. The van der Waals surface area contributed by atoms with Crippen LogP contribution >= 0.6 is 36.1 Å². The van der Waals surface area contributed by atoms with E-state index in [0.29, 0.717) is 40.9 Å². The van der Waals surface area contributed by atoms with Crippen molar-refractivity contribution in [1.29, 1.82) is 0 Å². The van der Waals surface area contributed by atoms with Crippen LogP contribution in [0.15, 0.2) is 169 Å². The number of benzene rings is 7. The van der Waals surface area contributed by atoms with E-state index in [2.05, 4.69) is 55.3 Å². The maximum absolute atomic E-state index is 15.3. The second-order valence-electron chi connectivity index (χ2n) is 16.8. The minimum Gasteiger partial charge on any atom is -0.479 e. The van der Waals surface area contributed by atoms with Gasteiger partial charge in [-0.15, -0.1) is 13.0 Å². The van der Waals surface area contributed by atoms with Crippen molar-refractivity contribution in [3.8, 4) is 39.8 Å². The number of hydrogen-bond donors (Lipinski definition) is 10. The van der Waals surface area contributed by atoms with Gasteiger partial charge in [-0.25, -0.2) is 15.8 Å². The summed E-state index contributed by atoms with van der Waals surface area (Å²) in [5, 5.41) is 58.0. The van der Waals surface area contributed by atoms with Crippen molar-refractivity contribution in [1.82, 2.24) is 19.9 Å². The van der Waals surface area contributed by atoms with E-state index < -0.39 is 65.5 Å². The Bertz CT molecular complexity index is 4300. The van der Waals surface area contributed by atoms with Crippen LogP contribution in [-0.2, 0) is 48.4 Å². The van der Waals surface area contributed by atoms with Gasteiger partial charge < -0.3 is 30.8 Å². The number of para-hydroxylation sites is 1. The topological polar surface area (TPSA) is 396 Å². The quantitative estimate of drug-likeness (QED) is 0.00991. The second-order valence-corrected chi connectivity index (χ2v) is 21.8. The lowest BCUT2D eigenvalue weighted by atomic mass is 9.80. The monoisotopic (exact) mass is 1210 g/mol. The van der Waals surface area contributed by atoms with Crippen molar-refractivity contribution in [2.24, 2.45) is 0 Å². The number of carbonyl (C=O) groups is 2. The molecule has 0 unspecified atom stereocenters. The summed E-state index contributed by atoms with van der Waals surface area (Å²) in [6.07, 6.45) is 0. The fraction of sp³-hybridized carbons (Fsp3) is 0. The Labute approximate surface area is 472 Å². The summed E-state index contributed by atoms with van der Waals surface area (Å²) >= 11 is 1.18. The van der Waals surface area contributed by atoms with Crippen molar-refractivity contribution in [2.75, 3.05) is 16.0 Å². The lowest BCUT2D eigenvalue weighted by Gasteiger charge is -2.26. The number of nitrogens with zero attached hydrogens (tertiary/aromatic N) is 3. The number of aromatic nitrogens is 4. The number of aromatic hydroxyl groups is 1. The maximum Gasteiger partial charge on any atom is 0.320 e. The summed E-state index contributed by atoms with van der Waals surface area (Å²) in [5.41, 5.74) is -1.43. The van der Waals surface area contributed by atoms with Crippen molar-refractivity contribution in [3.05, 3.63) is 172 Å². The number of rotatable bonds is 22. The number of carbonyl (C=O) groups excluding carboxylic acids is 2. The zero-order chi connectivity index (χ0) is 57.9. The van der Waals surface area contributed by atoms with E-state index in [1.807, 2.05) is 0 Å². The van der Waals surface area contributed by atoms with E-state index >= 15 is 4.79 Å². The third kappa shape index (κ3) is 12.1. The van der Waals surface area contributed by atoms with Gasteiger partial charge in [0.1, 0.15) is 10.6 Å². The molecular weight excluding hydrogens is 1180 g/mol.